The van der Waals surface area contributed by atoms with Crippen LogP contribution in [0, 0.1) is 6.92 Å². The van der Waals surface area contributed by atoms with Gasteiger partial charge in [-0.3, -0.25) is 4.98 Å². The number of anilines is 1. The van der Waals surface area contributed by atoms with Crippen LogP contribution < -0.4 is 5.32 Å². The molecule has 2 atom stereocenters. The molecule has 2 aliphatic heterocycles. The first kappa shape index (κ1) is 21.9. The Labute approximate surface area is 193 Å². The Morgan fingerprint density at radius 2 is 1.91 bits per heavy atom. The average molecular weight is 447 g/mol. The third kappa shape index (κ3) is 4.33. The first-order valence-electron chi connectivity index (χ1n) is 11.7. The SMILES string of the molecule is Cc1cc([C@@H](C)Nc2ccccc2C(=O)O)c2cc([C@@H]3CCCOC3)c(C3COC3)nc2c1. The smallest absolute Gasteiger partial charge is 0.337 e. The summed E-state index contributed by atoms with van der Waals surface area (Å²) < 4.78 is 11.3. The van der Waals surface area contributed by atoms with Gasteiger partial charge in [-0.25, -0.2) is 4.79 Å². The van der Waals surface area contributed by atoms with E-state index in [1.807, 2.05) is 12.1 Å². The van der Waals surface area contributed by atoms with Gasteiger partial charge in [0.25, 0.3) is 0 Å². The largest absolute Gasteiger partial charge is 0.478 e. The summed E-state index contributed by atoms with van der Waals surface area (Å²) in [4.78, 5) is 16.9. The van der Waals surface area contributed by atoms with Crippen molar-refractivity contribution >= 4 is 22.6 Å². The molecule has 6 heteroatoms. The molecule has 2 N–H and O–H groups in total. The number of aryl methyl sites for hydroxylation is 1. The van der Waals surface area contributed by atoms with E-state index in [4.69, 9.17) is 14.5 Å². The van der Waals surface area contributed by atoms with Crippen LogP contribution in [0.2, 0.25) is 0 Å². The number of rotatable bonds is 6. The lowest BCUT2D eigenvalue weighted by atomic mass is 9.85. The normalized spacial score (nSPS) is 19.8. The number of nitrogens with zero attached hydrogens (tertiary/aromatic N) is 1. The van der Waals surface area contributed by atoms with Crippen LogP contribution in [0.5, 0.6) is 0 Å². The lowest BCUT2D eigenvalue weighted by molar-refractivity contribution is 0.00566. The van der Waals surface area contributed by atoms with Crippen molar-refractivity contribution in [1.82, 2.24) is 4.98 Å². The number of ether oxygens (including phenoxy) is 2. The highest BCUT2D eigenvalue weighted by Crippen LogP contribution is 2.38. The molecule has 2 fully saturated rings. The number of aromatic carboxylic acids is 1. The lowest BCUT2D eigenvalue weighted by Crippen LogP contribution is -2.29. The fourth-order valence-electron chi connectivity index (χ4n) is 4.98. The zero-order chi connectivity index (χ0) is 22.9. The minimum atomic E-state index is -0.937. The van der Waals surface area contributed by atoms with Crippen molar-refractivity contribution in [2.75, 3.05) is 31.7 Å². The highest BCUT2D eigenvalue weighted by atomic mass is 16.5. The Hall–Kier alpha value is -2.96. The van der Waals surface area contributed by atoms with Crippen LogP contribution >= 0.6 is 0 Å². The maximum absolute atomic E-state index is 11.7. The maximum atomic E-state index is 11.7. The van der Waals surface area contributed by atoms with Gasteiger partial charge >= 0.3 is 5.97 Å². The minimum Gasteiger partial charge on any atom is -0.478 e. The van der Waals surface area contributed by atoms with Crippen LogP contribution in [-0.2, 0) is 9.47 Å². The van der Waals surface area contributed by atoms with E-state index in [0.717, 1.165) is 67.0 Å². The van der Waals surface area contributed by atoms with Crippen LogP contribution in [-0.4, -0.2) is 42.5 Å². The summed E-state index contributed by atoms with van der Waals surface area (Å²) in [5, 5.41) is 14.1. The second-order valence-corrected chi connectivity index (χ2v) is 9.25. The van der Waals surface area contributed by atoms with Gasteiger partial charge in [-0.05, 0) is 67.6 Å². The zero-order valence-electron chi connectivity index (χ0n) is 19.1. The molecule has 2 aliphatic rings. The first-order chi connectivity index (χ1) is 16.0. The Kier molecular flexibility index (Phi) is 6.04. The van der Waals surface area contributed by atoms with Gasteiger partial charge in [0, 0.05) is 35.6 Å². The first-order valence-corrected chi connectivity index (χ1v) is 11.7. The zero-order valence-corrected chi connectivity index (χ0v) is 19.1. The third-order valence-electron chi connectivity index (χ3n) is 6.79. The van der Waals surface area contributed by atoms with Crippen molar-refractivity contribution in [3.63, 3.8) is 0 Å². The van der Waals surface area contributed by atoms with E-state index in [9.17, 15) is 9.90 Å². The van der Waals surface area contributed by atoms with Crippen molar-refractivity contribution in [2.24, 2.45) is 0 Å². The number of carboxylic acids is 1. The number of hydrogen-bond acceptors (Lipinski definition) is 5. The minimum absolute atomic E-state index is 0.0944. The molecule has 6 nitrogen and oxygen atoms in total. The highest BCUT2D eigenvalue weighted by molar-refractivity contribution is 5.94. The number of carbonyl (C=O) groups is 1. The van der Waals surface area contributed by atoms with Crippen molar-refractivity contribution < 1.29 is 19.4 Å². The molecule has 5 rings (SSSR count). The van der Waals surface area contributed by atoms with Gasteiger partial charge in [0.2, 0.25) is 0 Å². The van der Waals surface area contributed by atoms with Gasteiger partial charge in [0.05, 0.1) is 36.6 Å². The van der Waals surface area contributed by atoms with Crippen molar-refractivity contribution in [3.05, 3.63) is 70.4 Å². The highest BCUT2D eigenvalue weighted by Gasteiger charge is 2.30. The molecule has 0 radical (unpaired) electrons. The van der Waals surface area contributed by atoms with Crippen molar-refractivity contribution in [3.8, 4) is 0 Å². The molecule has 1 aromatic heterocycles. The number of benzene rings is 2. The molecular weight excluding hydrogens is 416 g/mol. The summed E-state index contributed by atoms with van der Waals surface area (Å²) in [6.45, 7) is 7.16. The monoisotopic (exact) mass is 446 g/mol. The number of carboxylic acid groups (broad SMARTS) is 1. The molecule has 0 aliphatic carbocycles. The third-order valence-corrected chi connectivity index (χ3v) is 6.79. The van der Waals surface area contributed by atoms with Crippen LogP contribution in [0.15, 0.2) is 42.5 Å². The van der Waals surface area contributed by atoms with E-state index in [1.54, 1.807) is 12.1 Å². The fraction of sp³-hybridized carbons (Fsp3) is 0.407. The number of para-hydroxylation sites is 1. The molecule has 0 unspecified atom stereocenters. The number of fused-ring (bicyclic) bond motifs is 1. The summed E-state index contributed by atoms with van der Waals surface area (Å²) >= 11 is 0. The Balaban J connectivity index is 1.59. The van der Waals surface area contributed by atoms with E-state index >= 15 is 0 Å². The summed E-state index contributed by atoms with van der Waals surface area (Å²) in [5.74, 6) is -0.252. The Morgan fingerprint density at radius 3 is 2.61 bits per heavy atom. The number of nitrogens with one attached hydrogen (secondary N) is 1. The molecule has 33 heavy (non-hydrogen) atoms. The van der Waals surface area contributed by atoms with Gasteiger partial charge in [-0.1, -0.05) is 18.2 Å². The second kappa shape index (κ2) is 9.12. The molecule has 3 aromatic rings. The molecule has 0 saturated carbocycles. The van der Waals surface area contributed by atoms with Gasteiger partial charge in [0.15, 0.2) is 0 Å². The molecule has 3 heterocycles. The Morgan fingerprint density at radius 1 is 1.12 bits per heavy atom. The quantitative estimate of drug-likeness (QED) is 0.526. The van der Waals surface area contributed by atoms with Crippen molar-refractivity contribution in [2.45, 2.75) is 44.6 Å². The molecule has 2 saturated heterocycles. The summed E-state index contributed by atoms with van der Waals surface area (Å²) in [5.41, 5.74) is 6.54. The van der Waals surface area contributed by atoms with Crippen LogP contribution in [0.1, 0.15) is 70.4 Å². The molecule has 0 spiro atoms. The van der Waals surface area contributed by atoms with Gasteiger partial charge < -0.3 is 19.9 Å². The van der Waals surface area contributed by atoms with Crippen LogP contribution in [0.3, 0.4) is 0 Å². The molecule has 2 aromatic carbocycles. The summed E-state index contributed by atoms with van der Waals surface area (Å²) in [7, 11) is 0. The fourth-order valence-corrected chi connectivity index (χ4v) is 4.98. The predicted molar refractivity (Wildman–Crippen MR) is 128 cm³/mol. The predicted octanol–water partition coefficient (Wildman–Crippen LogP) is 5.42. The van der Waals surface area contributed by atoms with Crippen LogP contribution in [0.4, 0.5) is 5.69 Å². The number of aromatic nitrogens is 1. The van der Waals surface area contributed by atoms with E-state index in [-0.39, 0.29) is 11.6 Å². The molecule has 172 valence electrons. The van der Waals surface area contributed by atoms with Gasteiger partial charge in [0.1, 0.15) is 0 Å². The topological polar surface area (TPSA) is 80.7 Å². The van der Waals surface area contributed by atoms with Gasteiger partial charge in [-0.15, -0.1) is 0 Å². The number of pyridine rings is 1. The average Bonchev–Trinajstić information content (AvgIpc) is 2.77. The summed E-state index contributed by atoms with van der Waals surface area (Å²) in [6, 6.07) is 13.6. The van der Waals surface area contributed by atoms with E-state index in [2.05, 4.69) is 37.4 Å². The molecular formula is C27H30N2O4. The maximum Gasteiger partial charge on any atom is 0.337 e. The standard InChI is InChI=1S/C27H30N2O4/c1-16-10-21(17(2)28-24-8-4-3-7-20(24)27(30)31)23-12-22(18-6-5-9-32-13-18)26(19-14-33-15-19)29-25(23)11-16/h3-4,7-8,10-12,17-19,28H,5-6,9,13-15H2,1-2H3,(H,30,31)/t17-,18-/m1/s1. The lowest BCUT2D eigenvalue weighted by Gasteiger charge is -2.32. The molecule has 0 amide bonds. The van der Waals surface area contributed by atoms with E-state index in [0.29, 0.717) is 17.5 Å². The number of hydrogen-bond donors (Lipinski definition) is 2. The summed E-state index contributed by atoms with van der Waals surface area (Å²) in [6.07, 6.45) is 2.17. The van der Waals surface area contributed by atoms with Gasteiger partial charge in [-0.2, -0.15) is 0 Å². The van der Waals surface area contributed by atoms with Crippen molar-refractivity contribution in [1.29, 1.82) is 0 Å². The second-order valence-electron chi connectivity index (χ2n) is 9.25. The Bertz CT molecular complexity index is 1180. The van der Waals surface area contributed by atoms with E-state index < -0.39 is 5.97 Å². The van der Waals surface area contributed by atoms with Crippen LogP contribution in [0.25, 0.3) is 10.9 Å². The molecule has 0 bridgehead atoms. The van der Waals surface area contributed by atoms with E-state index in [1.165, 1.54) is 5.56 Å².